The van der Waals surface area contributed by atoms with Crippen LogP contribution in [0.4, 0.5) is 0 Å². The van der Waals surface area contributed by atoms with Crippen LogP contribution in [0.1, 0.15) is 65.2 Å². The average molecular weight is 365 g/mol. The maximum Gasteiger partial charge on any atom is 0.184 e. The molecule has 0 bridgehead atoms. The Bertz CT molecular complexity index is 419. The van der Waals surface area contributed by atoms with E-state index >= 15 is 0 Å². The fraction of sp³-hybridized carbons (Fsp3) is 0.714. The molecule has 0 aromatic heterocycles. The first-order chi connectivity index (χ1) is 11.5. The number of hydrogen-bond donors (Lipinski definition) is 0. The zero-order valence-corrected chi connectivity index (χ0v) is 18.9. The lowest BCUT2D eigenvalue weighted by atomic mass is 10.2. The quantitative estimate of drug-likeness (QED) is 0.289. The summed E-state index contributed by atoms with van der Waals surface area (Å²) in [6.45, 7) is 9.76. The molecule has 24 heavy (non-hydrogen) atoms. The number of unbranched alkanes of at least 4 members (excludes halogenated alkanes) is 6. The molecule has 1 nitrogen and oxygen atoms in total. The van der Waals surface area contributed by atoms with E-state index in [9.17, 15) is 0 Å². The van der Waals surface area contributed by atoms with E-state index in [1.54, 1.807) is 5.19 Å². The van der Waals surface area contributed by atoms with E-state index in [2.05, 4.69) is 57.3 Å². The molecule has 138 valence electrons. The van der Waals surface area contributed by atoms with E-state index in [1.807, 2.05) is 7.11 Å². The second-order valence-electron chi connectivity index (χ2n) is 7.81. The van der Waals surface area contributed by atoms with Crippen LogP contribution in [-0.2, 0) is 4.43 Å². The average Bonchev–Trinajstić information content (AvgIpc) is 2.61. The van der Waals surface area contributed by atoms with E-state index in [-0.39, 0.29) is 0 Å². The lowest BCUT2D eigenvalue weighted by molar-refractivity contribution is 0.401. The third-order valence-electron chi connectivity index (χ3n) is 5.89. The Kier molecular flexibility index (Phi) is 10.2. The van der Waals surface area contributed by atoms with Crippen molar-refractivity contribution >= 4 is 20.6 Å². The lowest BCUT2D eigenvalue weighted by Crippen LogP contribution is -2.67. The minimum atomic E-state index is -1.70. The standard InChI is InChI=1S/C21H40OSi2/c1-6-8-10-15-19-24(22-3,20-16-11-9-7-2)23(4,5)21-17-13-12-14-18-21/h12-14,17-18H,6-11,15-16,19-20H2,1-5H3. The summed E-state index contributed by atoms with van der Waals surface area (Å²) < 4.78 is 6.52. The van der Waals surface area contributed by atoms with Crippen LogP contribution in [0.2, 0.25) is 25.2 Å². The van der Waals surface area contributed by atoms with Gasteiger partial charge in [-0.3, -0.25) is 0 Å². The van der Waals surface area contributed by atoms with Crippen LogP contribution >= 0.6 is 0 Å². The topological polar surface area (TPSA) is 9.23 Å². The molecule has 0 radical (unpaired) electrons. The van der Waals surface area contributed by atoms with Gasteiger partial charge in [-0.1, -0.05) is 114 Å². The Balaban J connectivity index is 2.95. The molecule has 1 aromatic rings. The van der Waals surface area contributed by atoms with Crippen molar-refractivity contribution in [2.24, 2.45) is 0 Å². The van der Waals surface area contributed by atoms with E-state index in [1.165, 1.54) is 63.5 Å². The lowest BCUT2D eigenvalue weighted by Gasteiger charge is -2.43. The third kappa shape index (κ3) is 5.85. The van der Waals surface area contributed by atoms with E-state index < -0.39 is 15.4 Å². The highest BCUT2D eigenvalue weighted by Crippen LogP contribution is 2.32. The van der Waals surface area contributed by atoms with Crippen LogP contribution < -0.4 is 5.19 Å². The Labute approximate surface area is 153 Å². The van der Waals surface area contributed by atoms with Crippen molar-refractivity contribution in [3.8, 4) is 0 Å². The first kappa shape index (κ1) is 21.7. The molecule has 3 heteroatoms. The van der Waals surface area contributed by atoms with Gasteiger partial charge in [0, 0.05) is 7.11 Å². The second-order valence-corrected chi connectivity index (χ2v) is 21.5. The molecule has 0 N–H and O–H groups in total. The highest BCUT2D eigenvalue weighted by molar-refractivity contribution is 7.44. The zero-order valence-electron chi connectivity index (χ0n) is 16.9. The smallest absolute Gasteiger partial charge is 0.184 e. The Hall–Kier alpha value is -0.386. The van der Waals surface area contributed by atoms with Crippen LogP contribution in [0, 0.1) is 0 Å². The maximum absolute atomic E-state index is 6.52. The van der Waals surface area contributed by atoms with E-state index in [0.717, 1.165) is 0 Å². The molecular weight excluding hydrogens is 324 g/mol. The monoisotopic (exact) mass is 364 g/mol. The van der Waals surface area contributed by atoms with Crippen LogP contribution in [0.3, 0.4) is 0 Å². The maximum atomic E-state index is 6.52. The van der Waals surface area contributed by atoms with Crippen molar-refractivity contribution in [3.05, 3.63) is 30.3 Å². The fourth-order valence-electron chi connectivity index (χ4n) is 4.00. The van der Waals surface area contributed by atoms with Gasteiger partial charge in [0.1, 0.15) is 7.59 Å². The molecule has 0 saturated heterocycles. The van der Waals surface area contributed by atoms with Crippen molar-refractivity contribution in [1.29, 1.82) is 0 Å². The molecular formula is C21H40OSi2. The van der Waals surface area contributed by atoms with Gasteiger partial charge in [-0.15, -0.1) is 0 Å². The summed E-state index contributed by atoms with van der Waals surface area (Å²) in [5, 5.41) is 1.60. The third-order valence-corrected chi connectivity index (χ3v) is 22.9. The second kappa shape index (κ2) is 11.3. The van der Waals surface area contributed by atoms with Gasteiger partial charge in [0.05, 0.1) is 0 Å². The summed E-state index contributed by atoms with van der Waals surface area (Å²) in [6, 6.07) is 14.0. The summed E-state index contributed by atoms with van der Waals surface area (Å²) >= 11 is 0. The number of benzene rings is 1. The van der Waals surface area contributed by atoms with Crippen LogP contribution in [0.25, 0.3) is 0 Å². The Morgan fingerprint density at radius 3 is 1.67 bits per heavy atom. The highest BCUT2D eigenvalue weighted by atomic mass is 29.3. The summed E-state index contributed by atoms with van der Waals surface area (Å²) in [5.74, 6) is 0. The minimum Gasteiger partial charge on any atom is -0.422 e. The summed E-state index contributed by atoms with van der Waals surface area (Å²) in [6.07, 6.45) is 10.9. The zero-order chi connectivity index (χ0) is 17.9. The van der Waals surface area contributed by atoms with Crippen molar-refractivity contribution in [2.45, 2.75) is 90.4 Å². The van der Waals surface area contributed by atoms with Crippen LogP contribution in [0.15, 0.2) is 30.3 Å². The van der Waals surface area contributed by atoms with E-state index in [0.29, 0.717) is 0 Å². The van der Waals surface area contributed by atoms with Crippen molar-refractivity contribution in [1.82, 2.24) is 0 Å². The van der Waals surface area contributed by atoms with Crippen LogP contribution in [0.5, 0.6) is 0 Å². The molecule has 1 rings (SSSR count). The minimum absolute atomic E-state index is 1.32. The van der Waals surface area contributed by atoms with Crippen molar-refractivity contribution < 1.29 is 4.43 Å². The molecule has 0 fully saturated rings. The van der Waals surface area contributed by atoms with Gasteiger partial charge in [0.15, 0.2) is 7.83 Å². The first-order valence-corrected chi connectivity index (χ1v) is 16.5. The molecule has 1 aromatic carbocycles. The number of hydrogen-bond acceptors (Lipinski definition) is 1. The van der Waals surface area contributed by atoms with Gasteiger partial charge >= 0.3 is 0 Å². The summed E-state index contributed by atoms with van der Waals surface area (Å²) in [4.78, 5) is 0. The largest absolute Gasteiger partial charge is 0.422 e. The first-order valence-electron chi connectivity index (χ1n) is 10.1. The van der Waals surface area contributed by atoms with E-state index in [4.69, 9.17) is 4.43 Å². The van der Waals surface area contributed by atoms with Gasteiger partial charge in [-0.25, -0.2) is 0 Å². The highest BCUT2D eigenvalue weighted by Gasteiger charge is 2.50. The molecule has 0 atom stereocenters. The van der Waals surface area contributed by atoms with Crippen molar-refractivity contribution in [2.75, 3.05) is 7.11 Å². The van der Waals surface area contributed by atoms with Gasteiger partial charge in [0.2, 0.25) is 0 Å². The molecule has 0 aliphatic heterocycles. The molecule has 0 heterocycles. The van der Waals surface area contributed by atoms with Gasteiger partial charge < -0.3 is 4.43 Å². The molecule has 0 aliphatic carbocycles. The van der Waals surface area contributed by atoms with Gasteiger partial charge in [0.25, 0.3) is 0 Å². The van der Waals surface area contributed by atoms with Crippen LogP contribution in [-0.4, -0.2) is 22.5 Å². The molecule has 0 spiro atoms. The molecule has 0 aliphatic rings. The number of rotatable bonds is 13. The molecule has 0 saturated carbocycles. The molecule has 0 unspecified atom stereocenters. The van der Waals surface area contributed by atoms with Gasteiger partial charge in [-0.2, -0.15) is 0 Å². The SMILES string of the molecule is CCCCCC[Si](CCCCCC)(OC)[Si](C)(C)c1ccccc1. The Morgan fingerprint density at radius 2 is 1.25 bits per heavy atom. The predicted molar refractivity (Wildman–Crippen MR) is 114 cm³/mol. The predicted octanol–water partition coefficient (Wildman–Crippen LogP) is 6.43. The van der Waals surface area contributed by atoms with Gasteiger partial charge in [-0.05, 0) is 12.1 Å². The fourth-order valence-corrected chi connectivity index (χ4v) is 18.0. The molecule has 0 amide bonds. The summed E-state index contributed by atoms with van der Waals surface area (Å²) in [5.41, 5.74) is 0. The van der Waals surface area contributed by atoms with Crippen molar-refractivity contribution in [3.63, 3.8) is 0 Å². The Morgan fingerprint density at radius 1 is 0.750 bits per heavy atom. The summed E-state index contributed by atoms with van der Waals surface area (Å²) in [7, 11) is -1.23. The normalized spacial score (nSPS) is 12.5.